The van der Waals surface area contributed by atoms with E-state index in [2.05, 4.69) is 25.5 Å². The van der Waals surface area contributed by atoms with Gasteiger partial charge in [0.05, 0.1) is 25.8 Å². The molecule has 32 heavy (non-hydrogen) atoms. The summed E-state index contributed by atoms with van der Waals surface area (Å²) in [6.07, 6.45) is -2.53. The molecule has 4 unspecified atom stereocenters. The lowest BCUT2D eigenvalue weighted by molar-refractivity contribution is -0.0501. The van der Waals surface area contributed by atoms with Gasteiger partial charge in [0.1, 0.15) is 29.8 Å². The zero-order valence-corrected chi connectivity index (χ0v) is 16.9. The number of H-pyrrole nitrogens is 1. The molecule has 170 valence electrons. The summed E-state index contributed by atoms with van der Waals surface area (Å²) < 4.78 is 12.2. The van der Waals surface area contributed by atoms with E-state index in [1.807, 2.05) is 6.92 Å². The van der Waals surface area contributed by atoms with Crippen molar-refractivity contribution >= 4 is 23.3 Å². The second-order valence-corrected chi connectivity index (χ2v) is 6.96. The maximum Gasteiger partial charge on any atom is 0.278 e. The van der Waals surface area contributed by atoms with Crippen LogP contribution in [0.25, 0.3) is 11.2 Å². The number of aromatic nitrogens is 4. The van der Waals surface area contributed by atoms with Crippen LogP contribution in [0.15, 0.2) is 34.4 Å². The minimum atomic E-state index is -1.43. The van der Waals surface area contributed by atoms with Crippen LogP contribution in [0.1, 0.15) is 18.7 Å². The fourth-order valence-corrected chi connectivity index (χ4v) is 3.38. The Bertz CT molecular complexity index is 1190. The quantitative estimate of drug-likeness (QED) is 0.200. The minimum Gasteiger partial charge on any atom is -0.507 e. The number of hydrazone groups is 1. The Labute approximate surface area is 180 Å². The average molecular weight is 446 g/mol. The van der Waals surface area contributed by atoms with Crippen LogP contribution < -0.4 is 15.7 Å². The predicted octanol–water partition coefficient (Wildman–Crippen LogP) is -0.719. The molecule has 0 aliphatic carbocycles. The molecule has 0 amide bonds. The number of hydrogen-bond donors (Lipinski definition) is 6. The summed E-state index contributed by atoms with van der Waals surface area (Å²) in [5.41, 5.74) is 2.52. The standard InChI is InChI=1S/C19H22N6O7/c1-2-31-10-4-3-9(11(27)5-10)6-22-24-19-23-13-16(20-8-21-17(13)30)25(19)18-15(29)14(28)12(7-26)32-18/h3-6,8,12,14-15,18,26-29H,2,7H2,1H3,(H,23,24)(H,20,21,30)/b22-6+. The third-order valence-corrected chi connectivity index (χ3v) is 4.94. The van der Waals surface area contributed by atoms with E-state index in [0.717, 1.165) is 6.33 Å². The second kappa shape index (κ2) is 8.92. The zero-order valence-electron chi connectivity index (χ0n) is 16.9. The van der Waals surface area contributed by atoms with Crippen LogP contribution in [0, 0.1) is 0 Å². The number of ether oxygens (including phenoxy) is 2. The first-order chi connectivity index (χ1) is 15.4. The summed E-state index contributed by atoms with van der Waals surface area (Å²) in [6, 6.07) is 4.72. The second-order valence-electron chi connectivity index (χ2n) is 6.96. The summed E-state index contributed by atoms with van der Waals surface area (Å²) in [7, 11) is 0. The van der Waals surface area contributed by atoms with Gasteiger partial charge in [-0.2, -0.15) is 5.10 Å². The number of phenolic OH excluding ortho intramolecular Hbond substituents is 1. The number of aliphatic hydroxyl groups excluding tert-OH is 3. The third-order valence-electron chi connectivity index (χ3n) is 4.94. The first-order valence-corrected chi connectivity index (χ1v) is 9.77. The number of nitrogens with zero attached hydrogens (tertiary/aromatic N) is 4. The van der Waals surface area contributed by atoms with Crippen molar-refractivity contribution in [1.29, 1.82) is 0 Å². The summed E-state index contributed by atoms with van der Waals surface area (Å²) in [5.74, 6) is 0.434. The highest BCUT2D eigenvalue weighted by Gasteiger charge is 2.45. The highest BCUT2D eigenvalue weighted by atomic mass is 16.6. The van der Waals surface area contributed by atoms with Crippen LogP contribution in [-0.2, 0) is 4.74 Å². The van der Waals surface area contributed by atoms with Crippen molar-refractivity contribution in [2.24, 2.45) is 5.10 Å². The topological polar surface area (TPSA) is 187 Å². The van der Waals surface area contributed by atoms with Crippen molar-refractivity contribution in [1.82, 2.24) is 19.5 Å². The van der Waals surface area contributed by atoms with E-state index in [1.165, 1.54) is 16.8 Å². The lowest BCUT2D eigenvalue weighted by Crippen LogP contribution is -2.33. The van der Waals surface area contributed by atoms with Crippen molar-refractivity contribution in [3.8, 4) is 11.5 Å². The molecule has 2 aromatic heterocycles. The first kappa shape index (κ1) is 21.7. The van der Waals surface area contributed by atoms with Gasteiger partial charge >= 0.3 is 0 Å². The molecule has 1 aliphatic heterocycles. The molecule has 13 nitrogen and oxygen atoms in total. The smallest absolute Gasteiger partial charge is 0.278 e. The van der Waals surface area contributed by atoms with Gasteiger partial charge in [-0.3, -0.25) is 9.36 Å². The van der Waals surface area contributed by atoms with E-state index < -0.39 is 36.7 Å². The van der Waals surface area contributed by atoms with Gasteiger partial charge in [0.15, 0.2) is 17.4 Å². The molecule has 3 heterocycles. The van der Waals surface area contributed by atoms with Crippen LogP contribution in [-0.4, -0.2) is 77.7 Å². The van der Waals surface area contributed by atoms with Crippen molar-refractivity contribution in [3.05, 3.63) is 40.4 Å². The highest BCUT2D eigenvalue weighted by Crippen LogP contribution is 2.33. The molecule has 1 aromatic carbocycles. The molecule has 1 saturated heterocycles. The summed E-state index contributed by atoms with van der Waals surface area (Å²) in [4.78, 5) is 22.8. The largest absolute Gasteiger partial charge is 0.507 e. The van der Waals surface area contributed by atoms with E-state index in [9.17, 15) is 25.2 Å². The van der Waals surface area contributed by atoms with E-state index >= 15 is 0 Å². The Balaban J connectivity index is 1.67. The molecule has 0 saturated carbocycles. The number of aromatic amines is 1. The normalized spacial score (nSPS) is 23.2. The van der Waals surface area contributed by atoms with Crippen LogP contribution in [0.5, 0.6) is 11.5 Å². The highest BCUT2D eigenvalue weighted by molar-refractivity contribution is 5.84. The number of nitrogens with one attached hydrogen (secondary N) is 2. The molecule has 0 spiro atoms. The maximum absolute atomic E-state index is 12.2. The number of rotatable bonds is 7. The zero-order chi connectivity index (χ0) is 22.8. The van der Waals surface area contributed by atoms with Crippen molar-refractivity contribution in [3.63, 3.8) is 0 Å². The Hall–Kier alpha value is -3.52. The molecular weight excluding hydrogens is 424 g/mol. The summed E-state index contributed by atoms with van der Waals surface area (Å²) in [5, 5.41) is 44.1. The Morgan fingerprint density at radius 3 is 2.88 bits per heavy atom. The van der Waals surface area contributed by atoms with Crippen LogP contribution >= 0.6 is 0 Å². The van der Waals surface area contributed by atoms with Gasteiger partial charge < -0.3 is 34.9 Å². The van der Waals surface area contributed by atoms with Gasteiger partial charge in [0.25, 0.3) is 5.56 Å². The number of fused-ring (bicyclic) bond motifs is 1. The monoisotopic (exact) mass is 446 g/mol. The van der Waals surface area contributed by atoms with E-state index in [4.69, 9.17) is 9.47 Å². The maximum atomic E-state index is 12.2. The number of anilines is 1. The number of aromatic hydroxyl groups is 1. The molecule has 13 heteroatoms. The molecule has 4 rings (SSSR count). The Morgan fingerprint density at radius 2 is 2.19 bits per heavy atom. The minimum absolute atomic E-state index is 0.0132. The predicted molar refractivity (Wildman–Crippen MR) is 112 cm³/mol. The van der Waals surface area contributed by atoms with Gasteiger partial charge in [-0.05, 0) is 19.1 Å². The third kappa shape index (κ3) is 3.89. The molecule has 1 aliphatic rings. The van der Waals surface area contributed by atoms with Gasteiger partial charge in [-0.25, -0.2) is 15.4 Å². The SMILES string of the molecule is CCOc1ccc(/C=N/Nc2nc3c(=O)[nH]cnc3n2C2OC(CO)C(O)C2O)c(O)c1. The van der Waals surface area contributed by atoms with Crippen molar-refractivity contribution < 1.29 is 29.9 Å². The van der Waals surface area contributed by atoms with E-state index in [1.54, 1.807) is 12.1 Å². The summed E-state index contributed by atoms with van der Waals surface area (Å²) in [6.45, 7) is 1.77. The number of benzene rings is 1. The van der Waals surface area contributed by atoms with Crippen molar-refractivity contribution in [2.45, 2.75) is 31.5 Å². The lowest BCUT2D eigenvalue weighted by Gasteiger charge is -2.18. The average Bonchev–Trinajstić information content (AvgIpc) is 3.28. The molecular formula is C19H22N6O7. The molecule has 0 radical (unpaired) electrons. The fourth-order valence-electron chi connectivity index (χ4n) is 3.38. The van der Waals surface area contributed by atoms with Gasteiger partial charge in [-0.15, -0.1) is 0 Å². The van der Waals surface area contributed by atoms with Crippen LogP contribution in [0.3, 0.4) is 0 Å². The number of hydrogen-bond acceptors (Lipinski definition) is 11. The van der Waals surface area contributed by atoms with Crippen LogP contribution in [0.2, 0.25) is 0 Å². The van der Waals surface area contributed by atoms with Gasteiger partial charge in [-0.1, -0.05) is 0 Å². The lowest BCUT2D eigenvalue weighted by atomic mass is 10.1. The fraction of sp³-hybridized carbons (Fsp3) is 0.368. The number of phenols is 1. The molecule has 6 N–H and O–H groups in total. The molecule has 0 bridgehead atoms. The van der Waals surface area contributed by atoms with E-state index in [0.29, 0.717) is 17.9 Å². The number of imidazole rings is 1. The Morgan fingerprint density at radius 1 is 1.38 bits per heavy atom. The molecule has 4 atom stereocenters. The first-order valence-electron chi connectivity index (χ1n) is 9.77. The van der Waals surface area contributed by atoms with E-state index in [-0.39, 0.29) is 22.9 Å². The van der Waals surface area contributed by atoms with Gasteiger partial charge in [0, 0.05) is 11.6 Å². The van der Waals surface area contributed by atoms with Gasteiger partial charge in [0.2, 0.25) is 5.95 Å². The van der Waals surface area contributed by atoms with Crippen LogP contribution in [0.4, 0.5) is 5.95 Å². The Kier molecular flexibility index (Phi) is 6.05. The number of aliphatic hydroxyl groups is 3. The molecule has 1 fully saturated rings. The van der Waals surface area contributed by atoms with Crippen molar-refractivity contribution in [2.75, 3.05) is 18.6 Å². The molecule has 3 aromatic rings. The summed E-state index contributed by atoms with van der Waals surface area (Å²) >= 11 is 0.